The second-order valence-electron chi connectivity index (χ2n) is 9.00. The molecule has 1 aliphatic carbocycles. The van der Waals surface area contributed by atoms with Gasteiger partial charge in [0, 0.05) is 34.5 Å². The first kappa shape index (κ1) is 28.3. The highest BCUT2D eigenvalue weighted by Crippen LogP contribution is 2.53. The van der Waals surface area contributed by atoms with Gasteiger partial charge in [0.2, 0.25) is 0 Å². The zero-order valence-electron chi connectivity index (χ0n) is 19.1. The molecule has 1 heterocycles. The van der Waals surface area contributed by atoms with Crippen LogP contribution in [0, 0.1) is 0 Å². The molecule has 1 aliphatic heterocycles. The molecule has 0 saturated heterocycles. The van der Waals surface area contributed by atoms with Gasteiger partial charge in [0.15, 0.2) is 0 Å². The van der Waals surface area contributed by atoms with Crippen LogP contribution >= 0.6 is 36.4 Å². The minimum Gasteiger partial charge on any atom is -0.385 e. The molecule has 2 aromatic rings. The van der Waals surface area contributed by atoms with Crippen LogP contribution in [0.15, 0.2) is 42.5 Å². The lowest BCUT2D eigenvalue weighted by molar-refractivity contribution is 0.164. The van der Waals surface area contributed by atoms with Crippen LogP contribution < -0.4 is 10.6 Å². The molecule has 1 saturated carbocycles. The van der Waals surface area contributed by atoms with Crippen LogP contribution in [-0.2, 0) is 21.7 Å². The summed E-state index contributed by atoms with van der Waals surface area (Å²) < 4.78 is 23.9. The summed E-state index contributed by atoms with van der Waals surface area (Å²) in [6.45, 7) is 3.57. The van der Waals surface area contributed by atoms with Crippen molar-refractivity contribution >= 4 is 51.9 Å². The first-order valence-electron chi connectivity index (χ1n) is 11.5. The van der Waals surface area contributed by atoms with Crippen LogP contribution in [0.1, 0.15) is 61.8 Å². The quantitative estimate of drug-likeness (QED) is 0.381. The highest BCUT2D eigenvalue weighted by atomic mass is 35.5. The zero-order chi connectivity index (χ0) is 21.9. The molecule has 0 aromatic heterocycles. The van der Waals surface area contributed by atoms with E-state index >= 15 is 0 Å². The summed E-state index contributed by atoms with van der Waals surface area (Å²) in [4.78, 5) is 0. The second kappa shape index (κ2) is 12.1. The minimum absolute atomic E-state index is 0. The van der Waals surface area contributed by atoms with Crippen molar-refractivity contribution in [1.29, 1.82) is 0 Å². The van der Waals surface area contributed by atoms with Gasteiger partial charge >= 0.3 is 0 Å². The predicted octanol–water partition coefficient (Wildman–Crippen LogP) is 6.12. The van der Waals surface area contributed by atoms with Crippen molar-refractivity contribution in [2.45, 2.75) is 56.9 Å². The van der Waals surface area contributed by atoms with E-state index in [9.17, 15) is 8.42 Å². The third kappa shape index (κ3) is 6.37. The Morgan fingerprint density at radius 1 is 1.09 bits per heavy atom. The molecule has 184 valence electrons. The molecule has 2 aromatic carbocycles. The number of rotatable bonds is 9. The smallest absolute Gasteiger partial charge is 0.150 e. The Bertz CT molecular complexity index is 1010. The fourth-order valence-electron chi connectivity index (χ4n) is 5.18. The number of nitrogens with one attached hydrogen (secondary N) is 2. The third-order valence-electron chi connectivity index (χ3n) is 6.89. The Hall–Kier alpha value is -0.980. The van der Waals surface area contributed by atoms with Crippen molar-refractivity contribution in [2.24, 2.45) is 0 Å². The SMILES string of the molecule is CCCS(=O)(=O)CCCNc1ccc2c(c1)C(C1(c3ccc(Cl)cc3)CCC1)NCC2.Cl.Cl. The van der Waals surface area contributed by atoms with E-state index < -0.39 is 9.84 Å². The molecule has 4 rings (SSSR count). The first-order valence-corrected chi connectivity index (χ1v) is 13.7. The van der Waals surface area contributed by atoms with Gasteiger partial charge in [-0.2, -0.15) is 0 Å². The summed E-state index contributed by atoms with van der Waals surface area (Å²) in [6, 6.07) is 15.3. The third-order valence-corrected chi connectivity index (χ3v) is 9.09. The highest BCUT2D eigenvalue weighted by Gasteiger charge is 2.47. The molecule has 0 bridgehead atoms. The maximum absolute atomic E-state index is 11.9. The van der Waals surface area contributed by atoms with Crippen molar-refractivity contribution in [3.8, 4) is 0 Å². The lowest BCUT2D eigenvalue weighted by Gasteiger charge is -2.50. The van der Waals surface area contributed by atoms with Crippen molar-refractivity contribution in [3.05, 3.63) is 64.2 Å². The van der Waals surface area contributed by atoms with Gasteiger partial charge in [-0.25, -0.2) is 8.42 Å². The van der Waals surface area contributed by atoms with E-state index in [4.69, 9.17) is 11.6 Å². The van der Waals surface area contributed by atoms with Crippen molar-refractivity contribution in [2.75, 3.05) is 29.9 Å². The number of benzene rings is 2. The fourth-order valence-corrected chi connectivity index (χ4v) is 6.71. The molecule has 0 spiro atoms. The predicted molar refractivity (Wildman–Crippen MR) is 144 cm³/mol. The van der Waals surface area contributed by atoms with Crippen LogP contribution in [0.5, 0.6) is 0 Å². The maximum Gasteiger partial charge on any atom is 0.150 e. The van der Waals surface area contributed by atoms with E-state index in [0.29, 0.717) is 19.4 Å². The Labute approximate surface area is 216 Å². The molecule has 2 N–H and O–H groups in total. The summed E-state index contributed by atoms with van der Waals surface area (Å²) in [7, 11) is -2.92. The lowest BCUT2D eigenvalue weighted by Crippen LogP contribution is -2.49. The van der Waals surface area contributed by atoms with Crippen molar-refractivity contribution in [1.82, 2.24) is 5.32 Å². The molecule has 1 atom stereocenters. The zero-order valence-corrected chi connectivity index (χ0v) is 22.3. The lowest BCUT2D eigenvalue weighted by atomic mass is 9.58. The summed E-state index contributed by atoms with van der Waals surface area (Å²) in [5.41, 5.74) is 5.36. The molecular formula is C25H35Cl3N2O2S. The molecule has 1 fully saturated rings. The van der Waals surface area contributed by atoms with E-state index in [2.05, 4.69) is 41.0 Å². The van der Waals surface area contributed by atoms with E-state index in [-0.39, 0.29) is 47.8 Å². The molecule has 0 radical (unpaired) electrons. The highest BCUT2D eigenvalue weighted by molar-refractivity contribution is 7.91. The summed E-state index contributed by atoms with van der Waals surface area (Å²) >= 11 is 6.16. The maximum atomic E-state index is 11.9. The minimum atomic E-state index is -2.92. The van der Waals surface area contributed by atoms with E-state index in [1.54, 1.807) is 0 Å². The van der Waals surface area contributed by atoms with Gasteiger partial charge < -0.3 is 10.6 Å². The number of sulfone groups is 1. The average molecular weight is 534 g/mol. The van der Waals surface area contributed by atoms with Gasteiger partial charge in [0.25, 0.3) is 0 Å². The van der Waals surface area contributed by atoms with Crippen molar-refractivity contribution in [3.63, 3.8) is 0 Å². The number of hydrogen-bond donors (Lipinski definition) is 2. The Kier molecular flexibility index (Phi) is 10.4. The number of halogens is 3. The number of hydrogen-bond acceptors (Lipinski definition) is 4. The summed E-state index contributed by atoms with van der Waals surface area (Å²) in [5.74, 6) is 0.536. The van der Waals surface area contributed by atoms with Crippen LogP contribution in [0.25, 0.3) is 0 Å². The number of fused-ring (bicyclic) bond motifs is 1. The van der Waals surface area contributed by atoms with E-state index in [1.807, 2.05) is 19.1 Å². The van der Waals surface area contributed by atoms with Crippen LogP contribution in [-0.4, -0.2) is 33.0 Å². The Balaban J connectivity index is 0.00000193. The van der Waals surface area contributed by atoms with E-state index in [0.717, 1.165) is 23.7 Å². The fraction of sp³-hybridized carbons (Fsp3) is 0.520. The first-order chi connectivity index (χ1) is 14.9. The molecule has 2 aliphatic rings. The van der Waals surface area contributed by atoms with Crippen LogP contribution in [0.4, 0.5) is 5.69 Å². The Morgan fingerprint density at radius 2 is 1.82 bits per heavy atom. The van der Waals surface area contributed by atoms with Gasteiger partial charge in [-0.05, 0) is 79.6 Å². The topological polar surface area (TPSA) is 58.2 Å². The molecule has 1 unspecified atom stereocenters. The standard InChI is InChI=1S/C25H33ClN2O2S.2ClH/c1-2-16-31(29,30)17-4-14-27-22-10-5-19-11-15-28-24(23(19)18-22)25(12-3-13-25)20-6-8-21(26)9-7-20;;/h5-10,18,24,27-28H,2-4,11-17H2,1H3;2*1H. The summed E-state index contributed by atoms with van der Waals surface area (Å²) in [5, 5.41) is 8.05. The normalized spacial score (nSPS) is 18.8. The average Bonchev–Trinajstić information content (AvgIpc) is 2.72. The molecule has 0 amide bonds. The molecule has 33 heavy (non-hydrogen) atoms. The largest absolute Gasteiger partial charge is 0.385 e. The van der Waals surface area contributed by atoms with Gasteiger partial charge in [-0.1, -0.05) is 43.1 Å². The molecule has 8 heteroatoms. The monoisotopic (exact) mass is 532 g/mol. The van der Waals surface area contributed by atoms with Crippen molar-refractivity contribution < 1.29 is 8.42 Å². The Morgan fingerprint density at radius 3 is 2.45 bits per heavy atom. The number of anilines is 1. The summed E-state index contributed by atoms with van der Waals surface area (Å²) in [6.07, 6.45) is 5.97. The molecular weight excluding hydrogens is 499 g/mol. The van der Waals surface area contributed by atoms with Gasteiger partial charge in [-0.15, -0.1) is 24.8 Å². The van der Waals surface area contributed by atoms with Gasteiger partial charge in [-0.3, -0.25) is 0 Å². The van der Waals surface area contributed by atoms with Gasteiger partial charge in [0.05, 0.1) is 5.75 Å². The van der Waals surface area contributed by atoms with Gasteiger partial charge in [0.1, 0.15) is 9.84 Å². The van der Waals surface area contributed by atoms with Crippen LogP contribution in [0.3, 0.4) is 0 Å². The molecule has 4 nitrogen and oxygen atoms in total. The second-order valence-corrected chi connectivity index (χ2v) is 11.7. The van der Waals surface area contributed by atoms with Crippen LogP contribution in [0.2, 0.25) is 5.02 Å². The van der Waals surface area contributed by atoms with E-state index in [1.165, 1.54) is 36.0 Å².